The van der Waals surface area contributed by atoms with E-state index < -0.39 is 0 Å². The molecule has 0 saturated carbocycles. The Hall–Kier alpha value is -1.75. The van der Waals surface area contributed by atoms with Gasteiger partial charge in [-0.3, -0.25) is 4.79 Å². The Labute approximate surface area is 103 Å². The minimum absolute atomic E-state index is 0.258. The second kappa shape index (κ2) is 4.63. The molecule has 2 heterocycles. The van der Waals surface area contributed by atoms with E-state index >= 15 is 0 Å². The van der Waals surface area contributed by atoms with Crippen molar-refractivity contribution in [3.05, 3.63) is 29.9 Å². The summed E-state index contributed by atoms with van der Waals surface area (Å²) < 4.78 is 0. The molecule has 0 aliphatic rings. The van der Waals surface area contributed by atoms with Gasteiger partial charge in [-0.25, -0.2) is 9.97 Å². The molecule has 17 heavy (non-hydrogen) atoms. The van der Waals surface area contributed by atoms with Crippen LogP contribution in [0.15, 0.2) is 24.4 Å². The van der Waals surface area contributed by atoms with E-state index in [9.17, 15) is 4.79 Å². The van der Waals surface area contributed by atoms with Crippen LogP contribution in [-0.2, 0) is 4.79 Å². The van der Waals surface area contributed by atoms with Crippen molar-refractivity contribution in [3.8, 4) is 0 Å². The van der Waals surface area contributed by atoms with Crippen molar-refractivity contribution in [3.63, 3.8) is 0 Å². The molecule has 4 nitrogen and oxygen atoms in total. The molecule has 2 rings (SSSR count). The van der Waals surface area contributed by atoms with E-state index in [0.717, 1.165) is 15.8 Å². The van der Waals surface area contributed by atoms with Crippen LogP contribution in [0.25, 0.3) is 10.2 Å². The number of hydrogen-bond acceptors (Lipinski definition) is 4. The van der Waals surface area contributed by atoms with Gasteiger partial charge in [0.1, 0.15) is 17.0 Å². The average molecular weight is 247 g/mol. The Bertz CT molecular complexity index is 574. The predicted octanol–water partition coefficient (Wildman–Crippen LogP) is 2.94. The average Bonchev–Trinajstić information content (AvgIpc) is 2.73. The zero-order chi connectivity index (χ0) is 12.4. The summed E-state index contributed by atoms with van der Waals surface area (Å²) in [6.45, 7) is 7.64. The van der Waals surface area contributed by atoms with Crippen molar-refractivity contribution in [2.75, 3.05) is 5.32 Å². The van der Waals surface area contributed by atoms with Gasteiger partial charge in [0.25, 0.3) is 0 Å². The van der Waals surface area contributed by atoms with Crippen LogP contribution < -0.4 is 5.32 Å². The van der Waals surface area contributed by atoms with Crippen LogP contribution in [0, 0.1) is 0 Å². The van der Waals surface area contributed by atoms with Gasteiger partial charge < -0.3 is 5.32 Å². The third-order valence-corrected chi connectivity index (χ3v) is 3.35. The smallest absolute Gasteiger partial charge is 0.248 e. The maximum Gasteiger partial charge on any atom is 0.248 e. The number of thiophene rings is 1. The third-order valence-electron chi connectivity index (χ3n) is 2.45. The molecule has 0 radical (unpaired) electrons. The molecule has 0 fully saturated rings. The van der Waals surface area contributed by atoms with Crippen molar-refractivity contribution >= 4 is 33.3 Å². The zero-order valence-electron chi connectivity index (χ0n) is 9.73. The number of nitrogens with one attached hydrogen (secondary N) is 1. The molecule has 2 aromatic heterocycles. The number of rotatable bonds is 3. The molecule has 0 saturated heterocycles. The van der Waals surface area contributed by atoms with Gasteiger partial charge in [-0.1, -0.05) is 20.4 Å². The SMILES string of the molecule is C=CC(=O)Nc1ncnc2scc(C(C)C)c12. The first-order valence-electron chi connectivity index (χ1n) is 5.29. The number of amides is 1. The number of carbonyl (C=O) groups excluding carboxylic acids is 1. The highest BCUT2D eigenvalue weighted by Gasteiger charge is 2.14. The fourth-order valence-corrected chi connectivity index (χ4v) is 2.65. The summed E-state index contributed by atoms with van der Waals surface area (Å²) in [6, 6.07) is 0. The lowest BCUT2D eigenvalue weighted by molar-refractivity contribution is -0.111. The maximum atomic E-state index is 11.3. The third kappa shape index (κ3) is 2.19. The fourth-order valence-electron chi connectivity index (χ4n) is 1.58. The van der Waals surface area contributed by atoms with Gasteiger partial charge in [-0.15, -0.1) is 11.3 Å². The van der Waals surface area contributed by atoms with Crippen molar-refractivity contribution in [1.82, 2.24) is 9.97 Å². The summed E-state index contributed by atoms with van der Waals surface area (Å²) in [6.07, 6.45) is 2.69. The lowest BCUT2D eigenvalue weighted by Gasteiger charge is -2.07. The highest BCUT2D eigenvalue weighted by molar-refractivity contribution is 7.17. The summed E-state index contributed by atoms with van der Waals surface area (Å²) in [7, 11) is 0. The molecule has 0 unspecified atom stereocenters. The van der Waals surface area contributed by atoms with Crippen LogP contribution in [-0.4, -0.2) is 15.9 Å². The van der Waals surface area contributed by atoms with Gasteiger partial charge in [0.15, 0.2) is 0 Å². The molecule has 1 amide bonds. The molecule has 0 spiro atoms. The molecule has 1 N–H and O–H groups in total. The van der Waals surface area contributed by atoms with Gasteiger partial charge in [0.2, 0.25) is 5.91 Å². The first-order chi connectivity index (χ1) is 8.13. The van der Waals surface area contributed by atoms with Gasteiger partial charge in [0.05, 0.1) is 5.39 Å². The zero-order valence-corrected chi connectivity index (χ0v) is 10.5. The number of carbonyl (C=O) groups is 1. The van der Waals surface area contributed by atoms with E-state index in [1.54, 1.807) is 11.3 Å². The molecule has 0 atom stereocenters. The van der Waals surface area contributed by atoms with Crippen LogP contribution >= 0.6 is 11.3 Å². The highest BCUT2D eigenvalue weighted by Crippen LogP contribution is 2.33. The predicted molar refractivity (Wildman–Crippen MR) is 70.3 cm³/mol. The Morgan fingerprint density at radius 2 is 2.29 bits per heavy atom. The number of nitrogens with zero attached hydrogens (tertiary/aromatic N) is 2. The minimum atomic E-state index is -0.258. The molecule has 5 heteroatoms. The summed E-state index contributed by atoms with van der Waals surface area (Å²) in [5.74, 6) is 0.671. The van der Waals surface area contributed by atoms with E-state index in [2.05, 4.69) is 41.1 Å². The summed E-state index contributed by atoms with van der Waals surface area (Å²) in [5, 5.41) is 5.71. The molecule has 88 valence electrons. The van der Waals surface area contributed by atoms with E-state index in [1.165, 1.54) is 12.4 Å². The van der Waals surface area contributed by atoms with E-state index in [1.807, 2.05) is 0 Å². The highest BCUT2D eigenvalue weighted by atomic mass is 32.1. The minimum Gasteiger partial charge on any atom is -0.306 e. The van der Waals surface area contributed by atoms with Crippen molar-refractivity contribution < 1.29 is 4.79 Å². The Balaban J connectivity index is 2.57. The van der Waals surface area contributed by atoms with Crippen molar-refractivity contribution in [1.29, 1.82) is 0 Å². The first kappa shape index (κ1) is 11.7. The number of aromatic nitrogens is 2. The van der Waals surface area contributed by atoms with E-state index in [4.69, 9.17) is 0 Å². The number of hydrogen-bond donors (Lipinski definition) is 1. The van der Waals surface area contributed by atoms with Crippen LogP contribution in [0.4, 0.5) is 5.82 Å². The van der Waals surface area contributed by atoms with Crippen molar-refractivity contribution in [2.24, 2.45) is 0 Å². The molecule has 0 bridgehead atoms. The van der Waals surface area contributed by atoms with Crippen LogP contribution in [0.5, 0.6) is 0 Å². The van der Waals surface area contributed by atoms with Gasteiger partial charge in [-0.2, -0.15) is 0 Å². The molecular weight excluding hydrogens is 234 g/mol. The summed E-state index contributed by atoms with van der Waals surface area (Å²) >= 11 is 1.56. The Morgan fingerprint density at radius 1 is 1.53 bits per heavy atom. The standard InChI is InChI=1S/C12H13N3OS/c1-4-9(16)15-11-10-8(7(2)3)5-17-12(10)14-6-13-11/h4-7H,1H2,2-3H3,(H,13,14,15,16). The molecule has 0 aliphatic heterocycles. The molecular formula is C12H13N3OS. The largest absolute Gasteiger partial charge is 0.306 e. The second-order valence-electron chi connectivity index (χ2n) is 3.94. The van der Waals surface area contributed by atoms with E-state index in [-0.39, 0.29) is 5.91 Å². The van der Waals surface area contributed by atoms with Gasteiger partial charge in [-0.05, 0) is 22.9 Å². The van der Waals surface area contributed by atoms with Crippen LogP contribution in [0.2, 0.25) is 0 Å². The van der Waals surface area contributed by atoms with Crippen LogP contribution in [0.3, 0.4) is 0 Å². The fraction of sp³-hybridized carbons (Fsp3) is 0.250. The summed E-state index contributed by atoms with van der Waals surface area (Å²) in [4.78, 5) is 20.6. The van der Waals surface area contributed by atoms with Gasteiger partial charge >= 0.3 is 0 Å². The molecule has 0 aliphatic carbocycles. The summed E-state index contributed by atoms with van der Waals surface area (Å²) in [5.41, 5.74) is 1.16. The Kier molecular flexibility index (Phi) is 3.19. The normalized spacial score (nSPS) is 10.8. The number of anilines is 1. The second-order valence-corrected chi connectivity index (χ2v) is 4.80. The first-order valence-corrected chi connectivity index (χ1v) is 6.17. The molecule has 2 aromatic rings. The maximum absolute atomic E-state index is 11.3. The lowest BCUT2D eigenvalue weighted by Crippen LogP contribution is -2.09. The number of fused-ring (bicyclic) bond motifs is 1. The van der Waals surface area contributed by atoms with Crippen LogP contribution in [0.1, 0.15) is 25.3 Å². The molecule has 0 aromatic carbocycles. The van der Waals surface area contributed by atoms with E-state index in [0.29, 0.717) is 11.7 Å². The lowest BCUT2D eigenvalue weighted by atomic mass is 10.0. The topological polar surface area (TPSA) is 54.9 Å². The Morgan fingerprint density at radius 3 is 2.94 bits per heavy atom. The quantitative estimate of drug-likeness (QED) is 0.848. The monoisotopic (exact) mass is 247 g/mol. The van der Waals surface area contributed by atoms with Crippen molar-refractivity contribution in [2.45, 2.75) is 19.8 Å². The van der Waals surface area contributed by atoms with Gasteiger partial charge in [0, 0.05) is 0 Å².